The number of rotatable bonds is 5. The molecule has 3 rings (SSSR count). The summed E-state index contributed by atoms with van der Waals surface area (Å²) in [5, 5.41) is 0. The summed E-state index contributed by atoms with van der Waals surface area (Å²) in [4.78, 5) is 7.08. The zero-order valence-corrected chi connectivity index (χ0v) is 12.6. The largest absolute Gasteiger partial charge is 0.379 e. The quantitative estimate of drug-likeness (QED) is 0.628. The van der Waals surface area contributed by atoms with Crippen LogP contribution in [0.5, 0.6) is 0 Å². The van der Waals surface area contributed by atoms with Crippen LogP contribution in [0.3, 0.4) is 0 Å². The van der Waals surface area contributed by atoms with Crippen LogP contribution in [0, 0.1) is 0 Å². The van der Waals surface area contributed by atoms with Crippen LogP contribution < -0.4 is 11.3 Å². The molecule has 1 atom stereocenters. The molecule has 3 N–H and O–H groups in total. The third kappa shape index (κ3) is 3.11. The van der Waals surface area contributed by atoms with Crippen LogP contribution >= 0.6 is 0 Å². The van der Waals surface area contributed by atoms with Crippen LogP contribution in [0.15, 0.2) is 24.4 Å². The fraction of sp³-hybridized carbons (Fsp3) is 0.688. The van der Waals surface area contributed by atoms with Crippen molar-refractivity contribution < 1.29 is 4.74 Å². The van der Waals surface area contributed by atoms with E-state index < -0.39 is 0 Å². The number of aromatic nitrogens is 1. The molecular weight excluding hydrogens is 264 g/mol. The Morgan fingerprint density at radius 2 is 2.05 bits per heavy atom. The van der Waals surface area contributed by atoms with Crippen molar-refractivity contribution in [1.29, 1.82) is 0 Å². The van der Waals surface area contributed by atoms with Gasteiger partial charge in [-0.15, -0.1) is 0 Å². The summed E-state index contributed by atoms with van der Waals surface area (Å²) >= 11 is 0. The number of nitrogens with zero attached hydrogens (tertiary/aromatic N) is 2. The molecule has 1 aliphatic heterocycles. The molecule has 1 saturated heterocycles. The van der Waals surface area contributed by atoms with E-state index in [4.69, 9.17) is 10.6 Å². The maximum atomic E-state index is 5.96. The molecule has 2 heterocycles. The van der Waals surface area contributed by atoms with Gasteiger partial charge in [0.25, 0.3) is 0 Å². The van der Waals surface area contributed by atoms with Crippen molar-refractivity contribution in [1.82, 2.24) is 15.3 Å². The lowest BCUT2D eigenvalue weighted by Crippen LogP contribution is -2.64. The summed E-state index contributed by atoms with van der Waals surface area (Å²) in [5.74, 6) is 5.96. The van der Waals surface area contributed by atoms with E-state index >= 15 is 0 Å². The van der Waals surface area contributed by atoms with Crippen molar-refractivity contribution in [3.05, 3.63) is 30.1 Å². The number of nitrogens with one attached hydrogen (secondary N) is 1. The summed E-state index contributed by atoms with van der Waals surface area (Å²) in [6.07, 6.45) is 7.76. The van der Waals surface area contributed by atoms with Gasteiger partial charge in [-0.3, -0.25) is 21.2 Å². The molecule has 1 aromatic rings. The second-order valence-electron chi connectivity index (χ2n) is 6.15. The molecule has 2 fully saturated rings. The van der Waals surface area contributed by atoms with Crippen LogP contribution in [0.2, 0.25) is 0 Å². The normalized spacial score (nSPS) is 24.0. The van der Waals surface area contributed by atoms with Crippen molar-refractivity contribution in [2.75, 3.05) is 26.3 Å². The minimum absolute atomic E-state index is 0.163. The molecule has 1 unspecified atom stereocenters. The van der Waals surface area contributed by atoms with Gasteiger partial charge in [0.1, 0.15) is 0 Å². The topological polar surface area (TPSA) is 63.4 Å². The summed E-state index contributed by atoms with van der Waals surface area (Å²) in [5.41, 5.74) is 4.38. The first-order valence-corrected chi connectivity index (χ1v) is 8.04. The van der Waals surface area contributed by atoms with Crippen molar-refractivity contribution in [2.24, 2.45) is 5.84 Å². The molecule has 116 valence electrons. The molecule has 0 amide bonds. The van der Waals surface area contributed by atoms with E-state index in [1.54, 1.807) is 0 Å². The van der Waals surface area contributed by atoms with E-state index in [1.165, 1.54) is 25.7 Å². The minimum atomic E-state index is 0.163. The number of hydrazine groups is 1. The lowest BCUT2D eigenvalue weighted by atomic mass is 9.83. The van der Waals surface area contributed by atoms with Crippen molar-refractivity contribution >= 4 is 0 Å². The van der Waals surface area contributed by atoms with Crippen LogP contribution in [0.1, 0.15) is 31.4 Å². The number of hydrogen-bond donors (Lipinski definition) is 2. The number of morpholine rings is 1. The van der Waals surface area contributed by atoms with Crippen LogP contribution in [0.4, 0.5) is 0 Å². The number of pyridine rings is 1. The van der Waals surface area contributed by atoms with Gasteiger partial charge in [0, 0.05) is 43.0 Å². The summed E-state index contributed by atoms with van der Waals surface area (Å²) in [7, 11) is 0. The van der Waals surface area contributed by atoms with E-state index in [9.17, 15) is 0 Å². The fourth-order valence-electron chi connectivity index (χ4n) is 4.01. The van der Waals surface area contributed by atoms with Gasteiger partial charge in [-0.25, -0.2) is 0 Å². The molecule has 0 radical (unpaired) electrons. The highest BCUT2D eigenvalue weighted by atomic mass is 16.5. The highest BCUT2D eigenvalue weighted by molar-refractivity contribution is 5.11. The van der Waals surface area contributed by atoms with Crippen LogP contribution in [-0.2, 0) is 11.2 Å². The fourth-order valence-corrected chi connectivity index (χ4v) is 4.01. The van der Waals surface area contributed by atoms with Crippen LogP contribution in [-0.4, -0.2) is 47.8 Å². The lowest BCUT2D eigenvalue weighted by molar-refractivity contribution is -0.0358. The standard InChI is InChI=1S/C16H26N4O/c17-19-15(13-14-5-1-4-8-18-14)16(6-2-3-7-16)20-9-11-21-12-10-20/h1,4-5,8,15,19H,2-3,6-7,9-13,17H2. The Hall–Kier alpha value is -1.01. The maximum Gasteiger partial charge on any atom is 0.0594 e. The predicted molar refractivity (Wildman–Crippen MR) is 82.6 cm³/mol. The average Bonchev–Trinajstić information content (AvgIpc) is 3.05. The van der Waals surface area contributed by atoms with Gasteiger partial charge in [0.05, 0.1) is 13.2 Å². The summed E-state index contributed by atoms with van der Waals surface area (Å²) in [6, 6.07) is 6.34. The smallest absolute Gasteiger partial charge is 0.0594 e. The van der Waals surface area contributed by atoms with Gasteiger partial charge in [0.15, 0.2) is 0 Å². The highest BCUT2D eigenvalue weighted by Gasteiger charge is 2.45. The van der Waals surface area contributed by atoms with Gasteiger partial charge in [-0.05, 0) is 25.0 Å². The zero-order valence-electron chi connectivity index (χ0n) is 12.6. The zero-order chi connectivity index (χ0) is 14.5. The molecule has 0 bridgehead atoms. The predicted octanol–water partition coefficient (Wildman–Crippen LogP) is 1.10. The lowest BCUT2D eigenvalue weighted by Gasteiger charge is -2.48. The van der Waals surface area contributed by atoms with E-state index in [-0.39, 0.29) is 11.6 Å². The molecule has 5 nitrogen and oxygen atoms in total. The molecule has 1 saturated carbocycles. The summed E-state index contributed by atoms with van der Waals surface area (Å²) in [6.45, 7) is 3.70. The van der Waals surface area contributed by atoms with E-state index in [0.29, 0.717) is 0 Å². The van der Waals surface area contributed by atoms with Gasteiger partial charge in [-0.2, -0.15) is 0 Å². The Morgan fingerprint density at radius 1 is 1.29 bits per heavy atom. The van der Waals surface area contributed by atoms with Gasteiger partial charge in [-0.1, -0.05) is 18.9 Å². The molecule has 1 aromatic heterocycles. The monoisotopic (exact) mass is 290 g/mol. The minimum Gasteiger partial charge on any atom is -0.379 e. The third-order valence-corrected chi connectivity index (χ3v) is 5.10. The maximum absolute atomic E-state index is 5.96. The molecule has 0 aromatic carbocycles. The van der Waals surface area contributed by atoms with Gasteiger partial charge in [0.2, 0.25) is 0 Å². The van der Waals surface area contributed by atoms with Crippen molar-refractivity contribution in [2.45, 2.75) is 43.7 Å². The van der Waals surface area contributed by atoms with Crippen molar-refractivity contribution in [3.63, 3.8) is 0 Å². The molecule has 21 heavy (non-hydrogen) atoms. The van der Waals surface area contributed by atoms with Gasteiger partial charge < -0.3 is 4.74 Å². The van der Waals surface area contributed by atoms with E-state index in [1.807, 2.05) is 18.3 Å². The third-order valence-electron chi connectivity index (χ3n) is 5.10. The summed E-state index contributed by atoms with van der Waals surface area (Å²) < 4.78 is 5.53. The Morgan fingerprint density at radius 3 is 2.67 bits per heavy atom. The first-order chi connectivity index (χ1) is 10.3. The Balaban J connectivity index is 1.80. The first kappa shape index (κ1) is 14.9. The van der Waals surface area contributed by atoms with Gasteiger partial charge >= 0.3 is 0 Å². The number of nitrogens with two attached hydrogens (primary N) is 1. The Bertz CT molecular complexity index is 427. The van der Waals surface area contributed by atoms with E-state index in [0.717, 1.165) is 38.4 Å². The second-order valence-corrected chi connectivity index (χ2v) is 6.15. The average molecular weight is 290 g/mol. The van der Waals surface area contributed by atoms with Crippen LogP contribution in [0.25, 0.3) is 0 Å². The second kappa shape index (κ2) is 6.83. The Kier molecular flexibility index (Phi) is 4.85. The van der Waals surface area contributed by atoms with Crippen molar-refractivity contribution in [3.8, 4) is 0 Å². The number of ether oxygens (including phenoxy) is 1. The van der Waals surface area contributed by atoms with E-state index in [2.05, 4.69) is 21.4 Å². The molecule has 1 aliphatic carbocycles. The highest BCUT2D eigenvalue weighted by Crippen LogP contribution is 2.39. The molecule has 5 heteroatoms. The first-order valence-electron chi connectivity index (χ1n) is 8.04. The molecular formula is C16H26N4O. The molecule has 2 aliphatic rings. The molecule has 0 spiro atoms. The Labute approximate surface area is 126 Å². The SMILES string of the molecule is NNC(Cc1ccccn1)C1(N2CCOCC2)CCCC1. The number of hydrogen-bond acceptors (Lipinski definition) is 5.